The van der Waals surface area contributed by atoms with Gasteiger partial charge in [-0.2, -0.15) is 0 Å². The van der Waals surface area contributed by atoms with Crippen molar-refractivity contribution >= 4 is 17.7 Å². The summed E-state index contributed by atoms with van der Waals surface area (Å²) in [5.74, 6) is 6.50. The molecule has 2 aromatic rings. The van der Waals surface area contributed by atoms with Crippen LogP contribution in [-0.2, 0) is 14.1 Å². The summed E-state index contributed by atoms with van der Waals surface area (Å²) in [6.45, 7) is 3.39. The highest BCUT2D eigenvalue weighted by Gasteiger charge is 2.16. The molecule has 0 spiro atoms. The fraction of sp³-hybridized carbons (Fsp3) is 0.364. The summed E-state index contributed by atoms with van der Waals surface area (Å²) in [6, 6.07) is 6.15. The van der Waals surface area contributed by atoms with Gasteiger partial charge in [0.1, 0.15) is 23.6 Å². The third-order valence-electron chi connectivity index (χ3n) is 4.70. The number of rotatable bonds is 8. The second-order valence-electron chi connectivity index (χ2n) is 7.43. The van der Waals surface area contributed by atoms with E-state index in [0.29, 0.717) is 29.5 Å². The van der Waals surface area contributed by atoms with Gasteiger partial charge in [0, 0.05) is 38.6 Å². The number of nitrogens with zero attached hydrogens (tertiary/aromatic N) is 5. The Labute approximate surface area is 182 Å². The van der Waals surface area contributed by atoms with E-state index in [1.807, 2.05) is 32.6 Å². The molecule has 0 radical (unpaired) electrons. The van der Waals surface area contributed by atoms with Crippen LogP contribution in [0.4, 0.5) is 4.39 Å². The summed E-state index contributed by atoms with van der Waals surface area (Å²) < 4.78 is 22.6. The summed E-state index contributed by atoms with van der Waals surface area (Å²) >= 11 is 0. The average Bonchev–Trinajstić information content (AvgIpc) is 2.86. The van der Waals surface area contributed by atoms with Gasteiger partial charge >= 0.3 is 0 Å². The van der Waals surface area contributed by atoms with Crippen molar-refractivity contribution in [2.45, 2.75) is 13.3 Å². The molecule has 0 atom stereocenters. The molecule has 8 nitrogen and oxygen atoms in total. The molecule has 9 heteroatoms. The van der Waals surface area contributed by atoms with Gasteiger partial charge in [0.05, 0.1) is 11.4 Å². The van der Waals surface area contributed by atoms with Crippen LogP contribution in [0.3, 0.4) is 0 Å². The van der Waals surface area contributed by atoms with Crippen LogP contribution in [0.1, 0.15) is 19.0 Å². The van der Waals surface area contributed by atoms with E-state index >= 15 is 0 Å². The fourth-order valence-corrected chi connectivity index (χ4v) is 3.09. The van der Waals surface area contributed by atoms with Gasteiger partial charge in [0.25, 0.3) is 0 Å². The van der Waals surface area contributed by atoms with E-state index < -0.39 is 0 Å². The van der Waals surface area contributed by atoms with Crippen molar-refractivity contribution in [1.29, 1.82) is 5.41 Å². The second-order valence-corrected chi connectivity index (χ2v) is 7.43. The van der Waals surface area contributed by atoms with Crippen molar-refractivity contribution in [1.82, 2.24) is 19.2 Å². The lowest BCUT2D eigenvalue weighted by Crippen LogP contribution is -2.37. The summed E-state index contributed by atoms with van der Waals surface area (Å²) in [6.07, 6.45) is 6.97. The number of aliphatic imine (C=N–C) groups is 1. The summed E-state index contributed by atoms with van der Waals surface area (Å²) in [5, 5.41) is 9.26. The molecule has 1 aromatic carbocycles. The number of halogens is 1. The minimum absolute atomic E-state index is 0.324. The zero-order valence-corrected chi connectivity index (χ0v) is 18.8. The van der Waals surface area contributed by atoms with Gasteiger partial charge in [-0.25, -0.2) is 20.0 Å². The monoisotopic (exact) mass is 429 g/mol. The number of amidine groups is 1. The third kappa shape index (κ3) is 6.66. The lowest BCUT2D eigenvalue weighted by molar-refractivity contribution is 0.297. The Morgan fingerprint density at radius 2 is 1.90 bits per heavy atom. The summed E-state index contributed by atoms with van der Waals surface area (Å²) in [4.78, 5) is 6.83. The Bertz CT molecular complexity index is 978. The van der Waals surface area contributed by atoms with Crippen molar-refractivity contribution in [2.75, 3.05) is 27.2 Å². The number of benzene rings is 1. The topological polar surface area (TPSA) is 91.7 Å². The second kappa shape index (κ2) is 11.3. The van der Waals surface area contributed by atoms with E-state index in [1.54, 1.807) is 47.5 Å². The molecule has 2 rings (SSSR count). The Kier molecular flexibility index (Phi) is 8.77. The Morgan fingerprint density at radius 3 is 2.52 bits per heavy atom. The lowest BCUT2D eigenvalue weighted by atomic mass is 10.1. The maximum Gasteiger partial charge on any atom is 0.135 e. The number of hydrogen-bond acceptors (Lipinski definition) is 5. The van der Waals surface area contributed by atoms with Gasteiger partial charge in [0.2, 0.25) is 0 Å². The van der Waals surface area contributed by atoms with Crippen LogP contribution in [0, 0.1) is 11.2 Å². The molecule has 1 heterocycles. The number of nitrogens with one attached hydrogen (secondary N) is 1. The fourth-order valence-electron chi connectivity index (χ4n) is 3.09. The third-order valence-corrected chi connectivity index (χ3v) is 4.70. The predicted molar refractivity (Wildman–Crippen MR) is 124 cm³/mol. The first-order valence-corrected chi connectivity index (χ1v) is 9.98. The Hall–Kier alpha value is -3.17. The Morgan fingerprint density at radius 1 is 1.23 bits per heavy atom. The molecule has 0 aliphatic rings. The van der Waals surface area contributed by atoms with Crippen molar-refractivity contribution in [3.05, 3.63) is 54.3 Å². The summed E-state index contributed by atoms with van der Waals surface area (Å²) in [5.41, 5.74) is 2.63. The molecular weight excluding hydrogens is 397 g/mol. The molecule has 0 bridgehead atoms. The molecule has 0 saturated heterocycles. The van der Waals surface area contributed by atoms with Crippen LogP contribution in [0.2, 0.25) is 0 Å². The van der Waals surface area contributed by atoms with Crippen molar-refractivity contribution in [2.24, 2.45) is 24.9 Å². The van der Waals surface area contributed by atoms with Crippen LogP contribution < -0.4 is 5.84 Å². The van der Waals surface area contributed by atoms with Gasteiger partial charge in [0.15, 0.2) is 0 Å². The van der Waals surface area contributed by atoms with E-state index in [2.05, 4.69) is 4.90 Å². The van der Waals surface area contributed by atoms with E-state index in [9.17, 15) is 4.39 Å². The molecule has 31 heavy (non-hydrogen) atoms. The van der Waals surface area contributed by atoms with Gasteiger partial charge in [-0.3, -0.25) is 5.01 Å². The van der Waals surface area contributed by atoms with E-state index in [-0.39, 0.29) is 5.82 Å². The molecule has 0 fully saturated rings. The highest BCUT2D eigenvalue weighted by Crippen LogP contribution is 2.28. The first-order chi connectivity index (χ1) is 14.7. The number of aryl methyl sites for hydroxylation is 2. The van der Waals surface area contributed by atoms with Gasteiger partial charge in [-0.1, -0.05) is 0 Å². The highest BCUT2D eigenvalue weighted by atomic mass is 19.1. The first-order valence-electron chi connectivity index (χ1n) is 9.98. The van der Waals surface area contributed by atoms with Crippen LogP contribution in [0.25, 0.3) is 17.0 Å². The SMILES string of the molecule is CC(=N/C(=C\C=N)c1c(-c2ccc(F)cc2)n(C)occn1C)N(N)CCCN(C)C. The zero-order valence-electron chi connectivity index (χ0n) is 18.8. The van der Waals surface area contributed by atoms with Crippen LogP contribution in [0.15, 0.2) is 52.3 Å². The average molecular weight is 430 g/mol. The highest BCUT2D eigenvalue weighted by molar-refractivity contribution is 5.92. The summed E-state index contributed by atoms with van der Waals surface area (Å²) in [7, 11) is 7.66. The molecule has 0 aliphatic carbocycles. The smallest absolute Gasteiger partial charge is 0.135 e. The molecule has 0 unspecified atom stereocenters. The lowest BCUT2D eigenvalue weighted by Gasteiger charge is -2.20. The zero-order chi connectivity index (χ0) is 23.0. The molecule has 168 valence electrons. The van der Waals surface area contributed by atoms with E-state index in [0.717, 1.165) is 18.5 Å². The maximum absolute atomic E-state index is 13.5. The maximum atomic E-state index is 13.5. The number of hydrogen-bond donors (Lipinski definition) is 2. The van der Waals surface area contributed by atoms with Crippen molar-refractivity contribution in [3.63, 3.8) is 0 Å². The minimum atomic E-state index is -0.324. The number of allylic oxidation sites excluding steroid dienone is 1. The molecular formula is C22H32FN7O. The first kappa shape index (κ1) is 24.1. The van der Waals surface area contributed by atoms with Gasteiger partial charge in [-0.05, 0) is 64.3 Å². The molecule has 1 aromatic heterocycles. The van der Waals surface area contributed by atoms with Crippen LogP contribution in [-0.4, -0.2) is 58.5 Å². The van der Waals surface area contributed by atoms with E-state index in [1.165, 1.54) is 18.3 Å². The van der Waals surface area contributed by atoms with Crippen molar-refractivity contribution < 1.29 is 8.91 Å². The normalized spacial score (nSPS) is 12.3. The minimum Gasteiger partial charge on any atom is -0.386 e. The van der Waals surface area contributed by atoms with Crippen molar-refractivity contribution in [3.8, 4) is 11.3 Å². The van der Waals surface area contributed by atoms with Crippen LogP contribution in [0.5, 0.6) is 0 Å². The molecule has 3 N–H and O–H groups in total. The molecule has 0 aliphatic heterocycles. The predicted octanol–water partition coefficient (Wildman–Crippen LogP) is 3.42. The van der Waals surface area contributed by atoms with Gasteiger partial charge < -0.3 is 19.4 Å². The quantitative estimate of drug-likeness (QED) is 0.291. The van der Waals surface area contributed by atoms with Crippen LogP contribution >= 0.6 is 0 Å². The van der Waals surface area contributed by atoms with E-state index in [4.69, 9.17) is 20.8 Å². The Balaban J connectivity index is 2.58. The molecule has 0 amide bonds. The number of aromatic nitrogens is 2. The largest absolute Gasteiger partial charge is 0.386 e. The number of nitrogens with two attached hydrogens (primary N) is 1. The standard InChI is InChI=1S/C22H32FN7O/c1-17(30(25)14-6-13-27(2)3)26-20(11-12-24)22-21(18-7-9-19(23)10-8-18)29(5)31-16-15-28(22)4/h7-12,15-16,24H,6,13-14,25H2,1-5H3/b20-11-,24-12?,26-17?. The van der Waals surface area contributed by atoms with Gasteiger partial charge in [-0.15, -0.1) is 0 Å². The number of hydrazine groups is 1. The molecule has 0 saturated carbocycles.